The van der Waals surface area contributed by atoms with E-state index in [1.165, 1.54) is 12.1 Å². The van der Waals surface area contributed by atoms with Gasteiger partial charge in [0, 0.05) is 43.0 Å². The highest BCUT2D eigenvalue weighted by molar-refractivity contribution is 5.98. The van der Waals surface area contributed by atoms with Gasteiger partial charge in [0.15, 0.2) is 6.19 Å². The number of non-ortho nitro benzene ring substituents is 1. The number of rotatable bonds is 3. The molecule has 0 saturated carbocycles. The fourth-order valence-corrected chi connectivity index (χ4v) is 3.09. The van der Waals surface area contributed by atoms with Crippen molar-refractivity contribution in [3.8, 4) is 12.3 Å². The number of pyridine rings is 1. The molecule has 1 aromatic carbocycles. The second kappa shape index (κ2) is 7.21. The topological polar surface area (TPSA) is 195 Å². The SMILES string of the molecule is CN(C)c1ccc([N+](=O)[O-])cc1C1N=C(NC#N)Nc2nc(N)c(C#N)c(N)c21. The fraction of sp³-hybridized carbons (Fsp3) is 0.176. The Morgan fingerprint density at radius 1 is 1.34 bits per heavy atom. The van der Waals surface area contributed by atoms with E-state index in [1.54, 1.807) is 31.3 Å². The van der Waals surface area contributed by atoms with E-state index in [-0.39, 0.29) is 34.5 Å². The smallest absolute Gasteiger partial charge is 0.269 e. The molecule has 0 aliphatic carbocycles. The summed E-state index contributed by atoms with van der Waals surface area (Å²) >= 11 is 0. The number of nitriles is 2. The maximum atomic E-state index is 11.3. The fourth-order valence-electron chi connectivity index (χ4n) is 3.09. The molecule has 0 radical (unpaired) electrons. The maximum absolute atomic E-state index is 11.3. The summed E-state index contributed by atoms with van der Waals surface area (Å²) in [5.74, 6) is 0.185. The van der Waals surface area contributed by atoms with E-state index in [9.17, 15) is 15.4 Å². The van der Waals surface area contributed by atoms with Crippen molar-refractivity contribution >= 4 is 34.7 Å². The van der Waals surface area contributed by atoms with Gasteiger partial charge in [0.05, 0.1) is 10.6 Å². The Bertz CT molecular complexity index is 1130. The molecule has 3 rings (SSSR count). The summed E-state index contributed by atoms with van der Waals surface area (Å²) in [5, 5.41) is 34.9. The van der Waals surface area contributed by atoms with Crippen LogP contribution < -0.4 is 27.0 Å². The summed E-state index contributed by atoms with van der Waals surface area (Å²) in [5.41, 5.74) is 13.4. The largest absolute Gasteiger partial charge is 0.397 e. The summed E-state index contributed by atoms with van der Waals surface area (Å²) in [4.78, 5) is 21.2. The van der Waals surface area contributed by atoms with Gasteiger partial charge in [0.1, 0.15) is 29.3 Å². The van der Waals surface area contributed by atoms with Gasteiger partial charge in [0.25, 0.3) is 5.69 Å². The number of nitrogens with zero attached hydrogens (tertiary/aromatic N) is 6. The third kappa shape index (κ3) is 3.26. The second-order valence-corrected chi connectivity index (χ2v) is 6.30. The van der Waals surface area contributed by atoms with Crippen LogP contribution in [0.4, 0.5) is 28.7 Å². The van der Waals surface area contributed by atoms with Crippen LogP contribution in [0, 0.1) is 32.9 Å². The molecule has 0 spiro atoms. The van der Waals surface area contributed by atoms with Crippen LogP contribution in [0.15, 0.2) is 23.2 Å². The van der Waals surface area contributed by atoms with Gasteiger partial charge in [0.2, 0.25) is 5.96 Å². The van der Waals surface area contributed by atoms with Crippen LogP contribution in [0.2, 0.25) is 0 Å². The molecule has 1 aromatic heterocycles. The number of hydrogen-bond donors (Lipinski definition) is 4. The Morgan fingerprint density at radius 2 is 2.07 bits per heavy atom. The van der Waals surface area contributed by atoms with Crippen molar-refractivity contribution in [2.24, 2.45) is 4.99 Å². The molecular formula is C17H16N10O2. The Balaban J connectivity index is 2.35. The molecule has 1 aliphatic rings. The predicted octanol–water partition coefficient (Wildman–Crippen LogP) is 1.03. The van der Waals surface area contributed by atoms with Crippen molar-refractivity contribution in [2.45, 2.75) is 6.04 Å². The Kier molecular flexibility index (Phi) is 4.77. The minimum absolute atomic E-state index is 0.0146. The average Bonchev–Trinajstić information content (AvgIpc) is 2.67. The molecular weight excluding hydrogens is 376 g/mol. The van der Waals surface area contributed by atoms with Crippen molar-refractivity contribution in [1.29, 1.82) is 10.5 Å². The number of nitro benzene ring substituents is 1. The highest BCUT2D eigenvalue weighted by Crippen LogP contribution is 2.43. The quantitative estimate of drug-likeness (QED) is 0.253. The van der Waals surface area contributed by atoms with Gasteiger partial charge in [-0.3, -0.25) is 15.4 Å². The van der Waals surface area contributed by atoms with Gasteiger partial charge in [-0.1, -0.05) is 0 Å². The molecule has 29 heavy (non-hydrogen) atoms. The van der Waals surface area contributed by atoms with Crippen molar-refractivity contribution in [3.63, 3.8) is 0 Å². The monoisotopic (exact) mass is 392 g/mol. The Hall–Kier alpha value is -4.58. The third-order valence-electron chi connectivity index (χ3n) is 4.36. The molecule has 0 saturated heterocycles. The predicted molar refractivity (Wildman–Crippen MR) is 107 cm³/mol. The van der Waals surface area contributed by atoms with Crippen molar-refractivity contribution in [1.82, 2.24) is 10.3 Å². The first-order valence-electron chi connectivity index (χ1n) is 8.23. The van der Waals surface area contributed by atoms with E-state index in [1.807, 2.05) is 6.07 Å². The number of fused-ring (bicyclic) bond motifs is 1. The van der Waals surface area contributed by atoms with Crippen molar-refractivity contribution in [3.05, 3.63) is 45.0 Å². The van der Waals surface area contributed by atoms with E-state index in [2.05, 4.69) is 20.6 Å². The molecule has 0 bridgehead atoms. The van der Waals surface area contributed by atoms with Crippen LogP contribution in [-0.2, 0) is 0 Å². The van der Waals surface area contributed by atoms with E-state index < -0.39 is 11.0 Å². The van der Waals surface area contributed by atoms with Crippen LogP contribution in [0.25, 0.3) is 0 Å². The lowest BCUT2D eigenvalue weighted by Crippen LogP contribution is -2.33. The summed E-state index contributed by atoms with van der Waals surface area (Å²) in [6.07, 6.45) is 1.75. The first-order chi connectivity index (χ1) is 13.8. The van der Waals surface area contributed by atoms with Crippen LogP contribution in [-0.4, -0.2) is 30.0 Å². The van der Waals surface area contributed by atoms with Gasteiger partial charge in [-0.25, -0.2) is 9.98 Å². The van der Waals surface area contributed by atoms with Crippen LogP contribution in [0.5, 0.6) is 0 Å². The zero-order valence-corrected chi connectivity index (χ0v) is 15.5. The van der Waals surface area contributed by atoms with E-state index in [0.29, 0.717) is 16.8 Å². The lowest BCUT2D eigenvalue weighted by atomic mass is 9.93. The van der Waals surface area contributed by atoms with Gasteiger partial charge >= 0.3 is 0 Å². The first-order valence-corrected chi connectivity index (χ1v) is 8.23. The van der Waals surface area contributed by atoms with Crippen LogP contribution in [0.1, 0.15) is 22.7 Å². The third-order valence-corrected chi connectivity index (χ3v) is 4.36. The molecule has 1 atom stereocenters. The molecule has 2 heterocycles. The standard InChI is InChI=1S/C17H16N10O2/c1-26(2)11-4-3-8(27(28)29)5-9(11)14-12-13(20)10(6-18)15(21)24-16(12)25-17(23-14)22-7-19/h3-5,14H,1-2H3,(H6,20,21,22,23,24,25). The number of guanidine groups is 1. The number of anilines is 4. The highest BCUT2D eigenvalue weighted by atomic mass is 16.6. The van der Waals surface area contributed by atoms with Crippen molar-refractivity contribution in [2.75, 3.05) is 35.8 Å². The number of nitrogens with one attached hydrogen (secondary N) is 2. The molecule has 1 aliphatic heterocycles. The first kappa shape index (κ1) is 19.2. The molecule has 12 heteroatoms. The highest BCUT2D eigenvalue weighted by Gasteiger charge is 2.32. The number of aromatic nitrogens is 1. The summed E-state index contributed by atoms with van der Waals surface area (Å²) < 4.78 is 0. The molecule has 0 amide bonds. The molecule has 146 valence electrons. The van der Waals surface area contributed by atoms with Gasteiger partial charge in [-0.2, -0.15) is 10.5 Å². The lowest BCUT2D eigenvalue weighted by Gasteiger charge is -2.28. The Labute approximate surface area is 165 Å². The summed E-state index contributed by atoms with van der Waals surface area (Å²) in [6.45, 7) is 0. The minimum atomic E-state index is -0.875. The maximum Gasteiger partial charge on any atom is 0.269 e. The average molecular weight is 392 g/mol. The number of nitrogen functional groups attached to an aromatic ring is 2. The lowest BCUT2D eigenvalue weighted by molar-refractivity contribution is -0.384. The van der Waals surface area contributed by atoms with Gasteiger partial charge < -0.3 is 21.7 Å². The van der Waals surface area contributed by atoms with Crippen LogP contribution >= 0.6 is 0 Å². The van der Waals surface area contributed by atoms with Crippen molar-refractivity contribution < 1.29 is 4.92 Å². The zero-order chi connectivity index (χ0) is 21.3. The molecule has 12 nitrogen and oxygen atoms in total. The minimum Gasteiger partial charge on any atom is -0.397 e. The van der Waals surface area contributed by atoms with E-state index in [4.69, 9.17) is 16.7 Å². The molecule has 0 fully saturated rings. The molecule has 6 N–H and O–H groups in total. The second-order valence-electron chi connectivity index (χ2n) is 6.30. The number of nitrogens with two attached hydrogens (primary N) is 2. The molecule has 1 unspecified atom stereocenters. The number of aliphatic imine (C=N–C) groups is 1. The van der Waals surface area contributed by atoms with E-state index >= 15 is 0 Å². The van der Waals surface area contributed by atoms with Gasteiger partial charge in [-0.05, 0) is 6.07 Å². The van der Waals surface area contributed by atoms with Crippen LogP contribution in [0.3, 0.4) is 0 Å². The zero-order valence-electron chi connectivity index (χ0n) is 15.5. The number of benzene rings is 1. The van der Waals surface area contributed by atoms with Gasteiger partial charge in [-0.15, -0.1) is 0 Å². The Morgan fingerprint density at radius 3 is 2.66 bits per heavy atom. The summed E-state index contributed by atoms with van der Waals surface area (Å²) in [6, 6.07) is 5.39. The van der Waals surface area contributed by atoms with E-state index in [0.717, 1.165) is 0 Å². The normalized spacial score (nSPS) is 14.5. The molecule has 2 aromatic rings. The number of nitro groups is 1. The summed E-state index contributed by atoms with van der Waals surface area (Å²) in [7, 11) is 3.55. The number of hydrogen-bond acceptors (Lipinski definition) is 11.